The molecule has 0 radical (unpaired) electrons. The molecule has 0 unspecified atom stereocenters. The molecule has 2 N–H and O–H groups in total. The lowest BCUT2D eigenvalue weighted by Gasteiger charge is -2.08. The van der Waals surface area contributed by atoms with Crippen molar-refractivity contribution in [3.8, 4) is 5.75 Å². The van der Waals surface area contributed by atoms with E-state index in [4.69, 9.17) is 9.26 Å². The first kappa shape index (κ1) is 17.0. The van der Waals surface area contributed by atoms with E-state index in [1.54, 1.807) is 12.1 Å². The summed E-state index contributed by atoms with van der Waals surface area (Å²) in [6.45, 7) is 5.34. The van der Waals surface area contributed by atoms with Gasteiger partial charge in [0.25, 0.3) is 0 Å². The molecule has 124 valence electrons. The van der Waals surface area contributed by atoms with Crippen molar-refractivity contribution in [1.29, 1.82) is 0 Å². The van der Waals surface area contributed by atoms with E-state index in [1.807, 2.05) is 12.1 Å². The fourth-order valence-electron chi connectivity index (χ4n) is 2.32. The lowest BCUT2D eigenvalue weighted by molar-refractivity contribution is 0.0693. The molecule has 0 amide bonds. The zero-order valence-electron chi connectivity index (χ0n) is 13.6. The van der Waals surface area contributed by atoms with Gasteiger partial charge in [0.05, 0.1) is 19.3 Å². The molecule has 0 aliphatic heterocycles. The molecule has 0 aliphatic rings. The first-order chi connectivity index (χ1) is 11.0. The van der Waals surface area contributed by atoms with E-state index in [-0.39, 0.29) is 5.56 Å². The van der Waals surface area contributed by atoms with Crippen molar-refractivity contribution in [1.82, 2.24) is 10.5 Å². The third-order valence-corrected chi connectivity index (χ3v) is 3.35. The summed E-state index contributed by atoms with van der Waals surface area (Å²) in [7, 11) is 1.46. The normalized spacial score (nSPS) is 11.0. The highest BCUT2D eigenvalue weighted by Gasteiger charge is 2.11. The monoisotopic (exact) mass is 318 g/mol. The number of aromatic carboxylic acids is 1. The van der Waals surface area contributed by atoms with Gasteiger partial charge in [-0.15, -0.1) is 0 Å². The van der Waals surface area contributed by atoms with E-state index in [0.717, 1.165) is 23.4 Å². The Morgan fingerprint density at radius 3 is 2.78 bits per heavy atom. The maximum atomic E-state index is 11.2. The van der Waals surface area contributed by atoms with Crippen LogP contribution in [0.25, 0.3) is 0 Å². The molecule has 1 heterocycles. The van der Waals surface area contributed by atoms with Gasteiger partial charge in [-0.2, -0.15) is 0 Å². The second kappa shape index (κ2) is 7.78. The molecule has 0 aliphatic carbocycles. The van der Waals surface area contributed by atoms with Crippen LogP contribution in [-0.4, -0.2) is 23.3 Å². The summed E-state index contributed by atoms with van der Waals surface area (Å²) in [5, 5.41) is 16.4. The molecule has 2 rings (SSSR count). The minimum atomic E-state index is -1.00. The molecule has 1 aromatic heterocycles. The van der Waals surface area contributed by atoms with Gasteiger partial charge in [-0.05, 0) is 30.0 Å². The van der Waals surface area contributed by atoms with E-state index >= 15 is 0 Å². The van der Waals surface area contributed by atoms with Crippen LogP contribution in [0.4, 0.5) is 0 Å². The Morgan fingerprint density at radius 2 is 2.13 bits per heavy atom. The molecule has 6 nitrogen and oxygen atoms in total. The van der Waals surface area contributed by atoms with Gasteiger partial charge < -0.3 is 19.7 Å². The number of carboxylic acid groups (broad SMARTS) is 1. The zero-order chi connectivity index (χ0) is 16.8. The minimum absolute atomic E-state index is 0.158. The lowest BCUT2D eigenvalue weighted by Crippen LogP contribution is -2.13. The molecule has 0 saturated carbocycles. The second-order valence-corrected chi connectivity index (χ2v) is 5.83. The average molecular weight is 318 g/mol. The Balaban J connectivity index is 1.92. The number of nitrogens with zero attached hydrogens (tertiary/aromatic N) is 1. The van der Waals surface area contributed by atoms with Crippen molar-refractivity contribution >= 4 is 5.97 Å². The molecule has 23 heavy (non-hydrogen) atoms. The van der Waals surface area contributed by atoms with Gasteiger partial charge in [0.15, 0.2) is 5.76 Å². The first-order valence-corrected chi connectivity index (χ1v) is 7.55. The van der Waals surface area contributed by atoms with E-state index in [2.05, 4.69) is 24.3 Å². The molecule has 2 aromatic rings. The van der Waals surface area contributed by atoms with Crippen LogP contribution in [0.3, 0.4) is 0 Å². The lowest BCUT2D eigenvalue weighted by atomic mass is 10.1. The SMILES string of the molecule is COc1ccc(CNCc2cc(CC(C)C)no2)cc1C(=O)O. The van der Waals surface area contributed by atoms with E-state index < -0.39 is 5.97 Å². The summed E-state index contributed by atoms with van der Waals surface area (Å²) < 4.78 is 10.3. The van der Waals surface area contributed by atoms with Gasteiger partial charge in [-0.3, -0.25) is 0 Å². The van der Waals surface area contributed by atoms with E-state index in [0.29, 0.717) is 24.8 Å². The molecule has 0 saturated heterocycles. The number of benzene rings is 1. The summed E-state index contributed by atoms with van der Waals surface area (Å²) in [4.78, 5) is 11.2. The minimum Gasteiger partial charge on any atom is -0.496 e. The topological polar surface area (TPSA) is 84.6 Å². The third kappa shape index (κ3) is 4.82. The number of methoxy groups -OCH3 is 1. The van der Waals surface area contributed by atoms with Crippen molar-refractivity contribution < 1.29 is 19.2 Å². The van der Waals surface area contributed by atoms with Gasteiger partial charge in [-0.1, -0.05) is 25.1 Å². The van der Waals surface area contributed by atoms with Gasteiger partial charge in [0.2, 0.25) is 0 Å². The Labute approximate surface area is 135 Å². The number of ether oxygens (including phenoxy) is 1. The molecule has 0 atom stereocenters. The first-order valence-electron chi connectivity index (χ1n) is 7.55. The van der Waals surface area contributed by atoms with Crippen molar-refractivity contribution in [2.24, 2.45) is 5.92 Å². The number of rotatable bonds is 8. The summed E-state index contributed by atoms with van der Waals surface area (Å²) in [6, 6.07) is 7.06. The maximum Gasteiger partial charge on any atom is 0.339 e. The number of carboxylic acids is 1. The second-order valence-electron chi connectivity index (χ2n) is 5.83. The average Bonchev–Trinajstić information content (AvgIpc) is 2.93. The van der Waals surface area contributed by atoms with Crippen molar-refractivity contribution in [2.45, 2.75) is 33.4 Å². The van der Waals surface area contributed by atoms with E-state index in [1.165, 1.54) is 7.11 Å². The molecule has 6 heteroatoms. The molecule has 0 spiro atoms. The predicted molar refractivity (Wildman–Crippen MR) is 85.5 cm³/mol. The van der Waals surface area contributed by atoms with Crippen LogP contribution in [-0.2, 0) is 19.5 Å². The quantitative estimate of drug-likeness (QED) is 0.778. The molecule has 0 bridgehead atoms. The summed E-state index contributed by atoms with van der Waals surface area (Å²) in [5.74, 6) is 0.661. The molecule has 0 fully saturated rings. The fraction of sp³-hybridized carbons (Fsp3) is 0.412. The van der Waals surface area contributed by atoms with Crippen LogP contribution >= 0.6 is 0 Å². The molecule has 1 aromatic carbocycles. The number of carbonyl (C=O) groups is 1. The van der Waals surface area contributed by atoms with Crippen LogP contribution in [0.15, 0.2) is 28.8 Å². The van der Waals surface area contributed by atoms with Crippen molar-refractivity contribution in [3.63, 3.8) is 0 Å². The van der Waals surface area contributed by atoms with Gasteiger partial charge in [0, 0.05) is 12.6 Å². The number of nitrogens with one attached hydrogen (secondary N) is 1. The predicted octanol–water partition coefficient (Wildman–Crippen LogP) is 2.87. The Hall–Kier alpha value is -2.34. The number of hydrogen-bond acceptors (Lipinski definition) is 5. The maximum absolute atomic E-state index is 11.2. The summed E-state index contributed by atoms with van der Waals surface area (Å²) in [6.07, 6.45) is 0.893. The van der Waals surface area contributed by atoms with Crippen molar-refractivity contribution in [2.75, 3.05) is 7.11 Å². The van der Waals surface area contributed by atoms with Gasteiger partial charge >= 0.3 is 5.97 Å². The Kier molecular flexibility index (Phi) is 5.76. The van der Waals surface area contributed by atoms with Crippen LogP contribution in [0.5, 0.6) is 5.75 Å². The highest BCUT2D eigenvalue weighted by atomic mass is 16.5. The highest BCUT2D eigenvalue weighted by Crippen LogP contribution is 2.20. The van der Waals surface area contributed by atoms with Crippen LogP contribution in [0.2, 0.25) is 0 Å². The third-order valence-electron chi connectivity index (χ3n) is 3.35. The van der Waals surface area contributed by atoms with Crippen LogP contribution in [0, 0.1) is 5.92 Å². The van der Waals surface area contributed by atoms with Crippen LogP contribution in [0.1, 0.15) is 41.2 Å². The summed E-state index contributed by atoms with van der Waals surface area (Å²) >= 11 is 0. The summed E-state index contributed by atoms with van der Waals surface area (Å²) in [5.41, 5.74) is 1.98. The van der Waals surface area contributed by atoms with Crippen LogP contribution < -0.4 is 10.1 Å². The van der Waals surface area contributed by atoms with E-state index in [9.17, 15) is 9.90 Å². The highest BCUT2D eigenvalue weighted by molar-refractivity contribution is 5.91. The standard InChI is InChI=1S/C17H22N2O4/c1-11(2)6-13-8-14(23-19-13)10-18-9-12-4-5-16(22-3)15(7-12)17(20)21/h4-5,7-8,11,18H,6,9-10H2,1-3H3,(H,20,21). The molecular formula is C17H22N2O4. The fourth-order valence-corrected chi connectivity index (χ4v) is 2.32. The molecular weight excluding hydrogens is 296 g/mol. The Morgan fingerprint density at radius 1 is 1.35 bits per heavy atom. The number of aromatic nitrogens is 1. The van der Waals surface area contributed by atoms with Gasteiger partial charge in [-0.25, -0.2) is 4.79 Å². The smallest absolute Gasteiger partial charge is 0.339 e. The largest absolute Gasteiger partial charge is 0.496 e. The Bertz CT molecular complexity index is 664. The van der Waals surface area contributed by atoms with Crippen molar-refractivity contribution in [3.05, 3.63) is 46.8 Å². The number of hydrogen-bond donors (Lipinski definition) is 2. The zero-order valence-corrected chi connectivity index (χ0v) is 13.6. The van der Waals surface area contributed by atoms with Gasteiger partial charge in [0.1, 0.15) is 11.3 Å².